The summed E-state index contributed by atoms with van der Waals surface area (Å²) < 4.78 is 5.74. The van der Waals surface area contributed by atoms with Crippen molar-refractivity contribution in [2.45, 2.75) is 25.4 Å². The molecule has 0 radical (unpaired) electrons. The molecule has 2 rings (SSSR count). The molecule has 0 bridgehead atoms. The quantitative estimate of drug-likeness (QED) is 0.781. The van der Waals surface area contributed by atoms with Crippen LogP contribution in [-0.2, 0) is 0 Å². The average molecular weight is 228 g/mol. The van der Waals surface area contributed by atoms with E-state index in [1.807, 2.05) is 0 Å². The molecule has 1 saturated heterocycles. The number of nitrogens with one attached hydrogen (secondary N) is 1. The minimum Gasteiger partial charge on any atom is -0.486 e. The van der Waals surface area contributed by atoms with Crippen LogP contribution in [0.5, 0.6) is 5.75 Å². The first-order valence-corrected chi connectivity index (χ1v) is 5.57. The zero-order valence-electron chi connectivity index (χ0n) is 8.45. The first kappa shape index (κ1) is 10.6. The lowest BCUT2D eigenvalue weighted by Crippen LogP contribution is -2.29. The average Bonchev–Trinajstić information content (AvgIpc) is 2.50. The van der Waals surface area contributed by atoms with E-state index in [0.29, 0.717) is 5.75 Å². The Bertz CT molecular complexity index is 296. The summed E-state index contributed by atoms with van der Waals surface area (Å²) in [4.78, 5) is 7.75. The van der Waals surface area contributed by atoms with E-state index < -0.39 is 0 Å². The first-order chi connectivity index (χ1) is 7.34. The monoisotopic (exact) mass is 227 g/mol. The molecular formula is C10H14ClN3O. The molecule has 1 fully saturated rings. The van der Waals surface area contributed by atoms with E-state index in [1.165, 1.54) is 12.8 Å². The van der Waals surface area contributed by atoms with Crippen LogP contribution >= 0.6 is 11.6 Å². The highest BCUT2D eigenvalue weighted by Gasteiger charge is 2.13. The summed E-state index contributed by atoms with van der Waals surface area (Å²) in [5.41, 5.74) is 0. The van der Waals surface area contributed by atoms with Crippen LogP contribution in [0, 0.1) is 0 Å². The molecule has 1 aromatic heterocycles. The van der Waals surface area contributed by atoms with Gasteiger partial charge in [-0.3, -0.25) is 0 Å². The number of halogens is 1. The molecule has 1 aliphatic rings. The van der Waals surface area contributed by atoms with E-state index in [0.717, 1.165) is 19.5 Å². The smallest absolute Gasteiger partial charge is 0.222 e. The van der Waals surface area contributed by atoms with E-state index in [4.69, 9.17) is 16.3 Å². The zero-order chi connectivity index (χ0) is 10.5. The van der Waals surface area contributed by atoms with Crippen LogP contribution in [0.2, 0.25) is 5.28 Å². The van der Waals surface area contributed by atoms with Crippen molar-refractivity contribution in [3.05, 3.63) is 17.7 Å². The van der Waals surface area contributed by atoms with Crippen molar-refractivity contribution in [3.8, 4) is 5.75 Å². The summed E-state index contributed by atoms with van der Waals surface area (Å²) in [5, 5.41) is 3.59. The molecular weight excluding hydrogens is 214 g/mol. The second kappa shape index (κ2) is 5.28. The van der Waals surface area contributed by atoms with Crippen LogP contribution in [0.1, 0.15) is 19.3 Å². The predicted octanol–water partition coefficient (Wildman–Crippen LogP) is 1.65. The molecule has 2 heterocycles. The number of rotatable bonds is 2. The molecule has 1 unspecified atom stereocenters. The Kier molecular flexibility index (Phi) is 3.75. The number of aromatic nitrogens is 2. The highest BCUT2D eigenvalue weighted by atomic mass is 35.5. The third kappa shape index (κ3) is 3.32. The van der Waals surface area contributed by atoms with E-state index >= 15 is 0 Å². The topological polar surface area (TPSA) is 47.0 Å². The van der Waals surface area contributed by atoms with Crippen LogP contribution in [-0.4, -0.2) is 29.2 Å². The van der Waals surface area contributed by atoms with E-state index in [9.17, 15) is 0 Å². The van der Waals surface area contributed by atoms with Crippen molar-refractivity contribution in [1.29, 1.82) is 0 Å². The van der Waals surface area contributed by atoms with Crippen molar-refractivity contribution in [2.75, 3.05) is 13.1 Å². The highest BCUT2D eigenvalue weighted by molar-refractivity contribution is 6.28. The van der Waals surface area contributed by atoms with Gasteiger partial charge in [0.15, 0.2) is 5.75 Å². The predicted molar refractivity (Wildman–Crippen MR) is 58.2 cm³/mol. The lowest BCUT2D eigenvalue weighted by atomic mass is 10.2. The molecule has 0 aromatic carbocycles. The standard InChI is InChI=1S/C10H14ClN3O/c11-10-13-6-9(7-14-10)15-8-3-1-2-4-12-5-8/h6-8,12H,1-5H2. The normalized spacial score (nSPS) is 22.1. The fraction of sp³-hybridized carbons (Fsp3) is 0.600. The van der Waals surface area contributed by atoms with Gasteiger partial charge < -0.3 is 10.1 Å². The van der Waals surface area contributed by atoms with Crippen molar-refractivity contribution in [3.63, 3.8) is 0 Å². The fourth-order valence-electron chi connectivity index (χ4n) is 1.64. The molecule has 15 heavy (non-hydrogen) atoms. The lowest BCUT2D eigenvalue weighted by molar-refractivity contribution is 0.193. The maximum Gasteiger partial charge on any atom is 0.222 e. The second-order valence-electron chi connectivity index (χ2n) is 3.63. The molecule has 0 aliphatic carbocycles. The molecule has 0 amide bonds. The molecule has 1 N–H and O–H groups in total. The Balaban J connectivity index is 1.92. The Morgan fingerprint density at radius 2 is 2.13 bits per heavy atom. The lowest BCUT2D eigenvalue weighted by Gasteiger charge is -2.16. The van der Waals surface area contributed by atoms with E-state index in [2.05, 4.69) is 15.3 Å². The van der Waals surface area contributed by atoms with Crippen LogP contribution in [0.15, 0.2) is 12.4 Å². The zero-order valence-corrected chi connectivity index (χ0v) is 9.20. The van der Waals surface area contributed by atoms with Crippen molar-refractivity contribution in [2.24, 2.45) is 0 Å². The summed E-state index contributed by atoms with van der Waals surface area (Å²) in [6.45, 7) is 1.97. The summed E-state index contributed by atoms with van der Waals surface area (Å²) in [6.07, 6.45) is 6.94. The molecule has 5 heteroatoms. The van der Waals surface area contributed by atoms with Gasteiger partial charge in [0.2, 0.25) is 5.28 Å². The number of hydrogen-bond acceptors (Lipinski definition) is 4. The molecule has 0 spiro atoms. The molecule has 1 atom stereocenters. The van der Waals surface area contributed by atoms with Gasteiger partial charge in [-0.05, 0) is 37.4 Å². The summed E-state index contributed by atoms with van der Waals surface area (Å²) in [7, 11) is 0. The van der Waals surface area contributed by atoms with E-state index in [1.54, 1.807) is 12.4 Å². The van der Waals surface area contributed by atoms with Gasteiger partial charge in [-0.15, -0.1) is 0 Å². The fourth-order valence-corrected chi connectivity index (χ4v) is 1.74. The number of hydrogen-bond donors (Lipinski definition) is 1. The van der Waals surface area contributed by atoms with Crippen LogP contribution in [0.3, 0.4) is 0 Å². The third-order valence-electron chi connectivity index (χ3n) is 2.40. The maximum absolute atomic E-state index is 5.74. The molecule has 4 nitrogen and oxygen atoms in total. The SMILES string of the molecule is Clc1ncc(OC2CCCCNC2)cn1. The van der Waals surface area contributed by atoms with Crippen LogP contribution in [0.25, 0.3) is 0 Å². The molecule has 1 aliphatic heterocycles. The Morgan fingerprint density at radius 3 is 2.93 bits per heavy atom. The van der Waals surface area contributed by atoms with Gasteiger partial charge in [0.1, 0.15) is 6.10 Å². The Morgan fingerprint density at radius 1 is 1.33 bits per heavy atom. The van der Waals surface area contributed by atoms with Gasteiger partial charge in [0.25, 0.3) is 0 Å². The number of nitrogens with zero attached hydrogens (tertiary/aromatic N) is 2. The summed E-state index contributed by atoms with van der Waals surface area (Å²) >= 11 is 5.59. The summed E-state index contributed by atoms with van der Waals surface area (Å²) in [5.74, 6) is 0.688. The van der Waals surface area contributed by atoms with Crippen molar-refractivity contribution >= 4 is 11.6 Å². The van der Waals surface area contributed by atoms with Gasteiger partial charge in [0.05, 0.1) is 12.4 Å². The minimum absolute atomic E-state index is 0.220. The first-order valence-electron chi connectivity index (χ1n) is 5.19. The van der Waals surface area contributed by atoms with Gasteiger partial charge >= 0.3 is 0 Å². The van der Waals surface area contributed by atoms with Crippen LogP contribution < -0.4 is 10.1 Å². The highest BCUT2D eigenvalue weighted by Crippen LogP contribution is 2.14. The number of ether oxygens (including phenoxy) is 1. The van der Waals surface area contributed by atoms with Gasteiger partial charge in [-0.2, -0.15) is 0 Å². The second-order valence-corrected chi connectivity index (χ2v) is 3.97. The van der Waals surface area contributed by atoms with Crippen molar-refractivity contribution in [1.82, 2.24) is 15.3 Å². The maximum atomic E-state index is 5.74. The van der Waals surface area contributed by atoms with Crippen LogP contribution in [0.4, 0.5) is 0 Å². The largest absolute Gasteiger partial charge is 0.486 e. The molecule has 0 saturated carbocycles. The van der Waals surface area contributed by atoms with Gasteiger partial charge in [0, 0.05) is 6.54 Å². The Hall–Kier alpha value is -0.870. The minimum atomic E-state index is 0.220. The van der Waals surface area contributed by atoms with E-state index in [-0.39, 0.29) is 11.4 Å². The summed E-state index contributed by atoms with van der Waals surface area (Å²) in [6, 6.07) is 0. The third-order valence-corrected chi connectivity index (χ3v) is 2.60. The van der Waals surface area contributed by atoms with Crippen molar-refractivity contribution < 1.29 is 4.74 Å². The molecule has 82 valence electrons. The van der Waals surface area contributed by atoms with Gasteiger partial charge in [-0.1, -0.05) is 0 Å². The van der Waals surface area contributed by atoms with Gasteiger partial charge in [-0.25, -0.2) is 9.97 Å². The molecule has 1 aromatic rings. The Labute approximate surface area is 94.0 Å².